The number of methoxy groups -OCH3 is 2. The van der Waals surface area contributed by atoms with Crippen LogP contribution in [0.3, 0.4) is 0 Å². The number of carbonyl (C=O) groups is 1. The molecule has 3 atom stereocenters. The first-order chi connectivity index (χ1) is 18.9. The van der Waals surface area contributed by atoms with Crippen LogP contribution in [0.5, 0.6) is 0 Å². The molecule has 2 bridgehead atoms. The van der Waals surface area contributed by atoms with Gasteiger partial charge >= 0.3 is 0 Å². The fourth-order valence-corrected chi connectivity index (χ4v) is 6.26. The van der Waals surface area contributed by atoms with E-state index in [4.69, 9.17) is 19.5 Å². The third kappa shape index (κ3) is 6.60. The van der Waals surface area contributed by atoms with Crippen LogP contribution in [0.4, 0.5) is 5.69 Å². The smallest absolute Gasteiger partial charge is 0.291 e. The number of hydrogen-bond acceptors (Lipinski definition) is 6. The lowest BCUT2D eigenvalue weighted by Crippen LogP contribution is -2.48. The Balaban J connectivity index is 1.72. The third-order valence-corrected chi connectivity index (χ3v) is 8.02. The van der Waals surface area contributed by atoms with Crippen LogP contribution >= 0.6 is 0 Å². The van der Waals surface area contributed by atoms with Gasteiger partial charge in [-0.15, -0.1) is 0 Å². The van der Waals surface area contributed by atoms with Crippen molar-refractivity contribution in [2.45, 2.75) is 88.8 Å². The van der Waals surface area contributed by atoms with Gasteiger partial charge in [-0.05, 0) is 74.1 Å². The number of fused-ring (bicyclic) bond motifs is 2. The zero-order valence-corrected chi connectivity index (χ0v) is 23.8. The Kier molecular flexibility index (Phi) is 9.60. The molecule has 4 rings (SSSR count). The first kappa shape index (κ1) is 29.0. The van der Waals surface area contributed by atoms with E-state index < -0.39 is 0 Å². The standard InChI is InChI=1S/C31H42N4O4/c1-5-7-9-22(10-8-6-2)26-15-23(11-12-27(26)35-29(36)28-33-19-25(18-32)34-28)24-16-30(20-37-3)13-14-31(17-24,39-30)21-38-4/h9,11-12,15,19,24H,5-8,10,13-14,16-17,20-21H2,1-4H3,(H,33,34)(H,35,36)/b22-9+/t24-,30-,31+. The van der Waals surface area contributed by atoms with Gasteiger partial charge in [0.25, 0.3) is 5.91 Å². The van der Waals surface area contributed by atoms with Gasteiger partial charge in [0.1, 0.15) is 6.07 Å². The number of amides is 1. The molecule has 2 fully saturated rings. The van der Waals surface area contributed by atoms with E-state index in [1.165, 1.54) is 17.3 Å². The SMILES string of the molecule is CCC/C=C(\CCCC)c1cc([C@@H]2C[C@@]3(COC)CC[C@@](COC)(C2)O3)ccc1NC(=O)c1nc(C#N)c[nH]1. The number of nitrogens with zero attached hydrogens (tertiary/aromatic N) is 2. The highest BCUT2D eigenvalue weighted by atomic mass is 16.6. The largest absolute Gasteiger partial charge is 0.382 e. The number of aromatic amines is 1. The van der Waals surface area contributed by atoms with Crippen molar-refractivity contribution >= 4 is 17.2 Å². The summed E-state index contributed by atoms with van der Waals surface area (Å²) in [5.74, 6) is 0.0493. The van der Waals surface area contributed by atoms with E-state index in [1.807, 2.05) is 12.1 Å². The van der Waals surface area contributed by atoms with E-state index in [9.17, 15) is 4.79 Å². The van der Waals surface area contributed by atoms with Crippen molar-refractivity contribution < 1.29 is 19.0 Å². The van der Waals surface area contributed by atoms with Crippen LogP contribution in [0.2, 0.25) is 0 Å². The Hall–Kier alpha value is -2.99. The first-order valence-corrected chi connectivity index (χ1v) is 14.2. The van der Waals surface area contributed by atoms with Gasteiger partial charge in [-0.3, -0.25) is 4.79 Å². The van der Waals surface area contributed by atoms with E-state index in [-0.39, 0.29) is 34.5 Å². The molecule has 1 amide bonds. The number of carbonyl (C=O) groups excluding carboxylic acids is 1. The lowest BCUT2D eigenvalue weighted by atomic mass is 9.79. The second kappa shape index (κ2) is 12.9. The van der Waals surface area contributed by atoms with Gasteiger partial charge in [0, 0.05) is 31.7 Å². The number of aromatic nitrogens is 2. The van der Waals surface area contributed by atoms with Crippen LogP contribution in [-0.4, -0.2) is 54.5 Å². The van der Waals surface area contributed by atoms with Crippen LogP contribution in [0, 0.1) is 11.3 Å². The molecule has 210 valence electrons. The quantitative estimate of drug-likeness (QED) is 0.309. The molecule has 2 saturated heterocycles. The maximum absolute atomic E-state index is 13.1. The fourth-order valence-electron chi connectivity index (χ4n) is 6.26. The van der Waals surface area contributed by atoms with E-state index >= 15 is 0 Å². The van der Waals surface area contributed by atoms with E-state index in [0.29, 0.717) is 13.2 Å². The highest BCUT2D eigenvalue weighted by Gasteiger charge is 2.55. The van der Waals surface area contributed by atoms with E-state index in [2.05, 4.69) is 47.3 Å². The highest BCUT2D eigenvalue weighted by molar-refractivity contribution is 6.03. The van der Waals surface area contributed by atoms with Crippen molar-refractivity contribution in [1.82, 2.24) is 9.97 Å². The normalized spacial score (nSPS) is 24.5. The molecule has 8 nitrogen and oxygen atoms in total. The molecule has 2 aliphatic rings. The van der Waals surface area contributed by atoms with Gasteiger partial charge < -0.3 is 24.5 Å². The summed E-state index contributed by atoms with van der Waals surface area (Å²) in [5, 5.41) is 12.2. The lowest BCUT2D eigenvalue weighted by Gasteiger charge is -2.44. The van der Waals surface area contributed by atoms with Gasteiger partial charge in [-0.2, -0.15) is 5.26 Å². The minimum Gasteiger partial charge on any atom is -0.382 e. The predicted octanol–water partition coefficient (Wildman–Crippen LogP) is 6.37. The minimum atomic E-state index is -0.363. The molecule has 2 aromatic rings. The summed E-state index contributed by atoms with van der Waals surface area (Å²) in [7, 11) is 3.48. The number of nitriles is 1. The first-order valence-electron chi connectivity index (χ1n) is 14.2. The van der Waals surface area contributed by atoms with Crippen molar-refractivity contribution in [3.8, 4) is 6.07 Å². The van der Waals surface area contributed by atoms with E-state index in [0.717, 1.165) is 69.0 Å². The molecule has 1 aromatic heterocycles. The maximum atomic E-state index is 13.1. The van der Waals surface area contributed by atoms with Crippen molar-refractivity contribution in [2.75, 3.05) is 32.8 Å². The zero-order chi connectivity index (χ0) is 27.9. The molecular formula is C31H42N4O4. The van der Waals surface area contributed by atoms with Crippen LogP contribution in [0.25, 0.3) is 5.57 Å². The Morgan fingerprint density at radius 3 is 2.51 bits per heavy atom. The number of ether oxygens (including phenoxy) is 3. The summed E-state index contributed by atoms with van der Waals surface area (Å²) < 4.78 is 17.9. The Labute approximate surface area is 232 Å². The molecule has 0 aliphatic carbocycles. The number of allylic oxidation sites excluding steroid dienone is 2. The summed E-state index contributed by atoms with van der Waals surface area (Å²) in [6.45, 7) is 5.52. The van der Waals surface area contributed by atoms with Gasteiger partial charge in [-0.1, -0.05) is 38.8 Å². The average molecular weight is 535 g/mol. The Bertz CT molecular complexity index is 1190. The molecule has 1 aromatic carbocycles. The molecule has 0 unspecified atom stereocenters. The summed E-state index contributed by atoms with van der Waals surface area (Å²) in [5.41, 5.74) is 3.89. The summed E-state index contributed by atoms with van der Waals surface area (Å²) in [6.07, 6.45) is 12.6. The number of imidazole rings is 1. The van der Waals surface area contributed by atoms with Crippen LogP contribution in [0.15, 0.2) is 30.5 Å². The second-order valence-electron chi connectivity index (χ2n) is 11.1. The summed E-state index contributed by atoms with van der Waals surface area (Å²) >= 11 is 0. The topological polar surface area (TPSA) is 109 Å². The maximum Gasteiger partial charge on any atom is 0.291 e. The number of anilines is 1. The molecule has 8 heteroatoms. The average Bonchev–Trinajstić information content (AvgIpc) is 3.52. The molecule has 39 heavy (non-hydrogen) atoms. The monoisotopic (exact) mass is 534 g/mol. The zero-order valence-electron chi connectivity index (χ0n) is 23.8. The highest BCUT2D eigenvalue weighted by Crippen LogP contribution is 2.54. The molecule has 2 aliphatic heterocycles. The second-order valence-corrected chi connectivity index (χ2v) is 11.1. The van der Waals surface area contributed by atoms with Crippen molar-refractivity contribution in [1.29, 1.82) is 5.26 Å². The molecule has 2 N–H and O–H groups in total. The van der Waals surface area contributed by atoms with Gasteiger partial charge in [0.05, 0.1) is 24.4 Å². The Morgan fingerprint density at radius 1 is 1.21 bits per heavy atom. The van der Waals surface area contributed by atoms with Crippen molar-refractivity contribution in [3.05, 3.63) is 53.1 Å². The number of unbranched alkanes of at least 4 members (excludes halogenated alkanes) is 2. The van der Waals surface area contributed by atoms with Gasteiger partial charge in [0.2, 0.25) is 0 Å². The fraction of sp³-hybridized carbons (Fsp3) is 0.581. The third-order valence-electron chi connectivity index (χ3n) is 8.02. The molecule has 0 radical (unpaired) electrons. The minimum absolute atomic E-state index is 0.123. The van der Waals surface area contributed by atoms with Crippen LogP contribution in [-0.2, 0) is 14.2 Å². The number of rotatable bonds is 13. The predicted molar refractivity (Wildman–Crippen MR) is 152 cm³/mol. The number of benzene rings is 1. The van der Waals surface area contributed by atoms with Gasteiger partial charge in [-0.25, -0.2) is 4.98 Å². The number of nitrogens with one attached hydrogen (secondary N) is 2. The Morgan fingerprint density at radius 2 is 1.92 bits per heavy atom. The van der Waals surface area contributed by atoms with Gasteiger partial charge in [0.15, 0.2) is 11.5 Å². The lowest BCUT2D eigenvalue weighted by molar-refractivity contribution is -0.184. The summed E-state index contributed by atoms with van der Waals surface area (Å²) in [6, 6.07) is 8.39. The molecule has 0 saturated carbocycles. The molecule has 3 heterocycles. The molecular weight excluding hydrogens is 492 g/mol. The van der Waals surface area contributed by atoms with Crippen molar-refractivity contribution in [3.63, 3.8) is 0 Å². The number of H-pyrrole nitrogens is 1. The van der Waals surface area contributed by atoms with Crippen LogP contribution < -0.4 is 5.32 Å². The van der Waals surface area contributed by atoms with Crippen LogP contribution in [0.1, 0.15) is 105 Å². The number of hydrogen-bond donors (Lipinski definition) is 2. The molecule has 0 spiro atoms. The van der Waals surface area contributed by atoms with E-state index in [1.54, 1.807) is 14.2 Å². The summed E-state index contributed by atoms with van der Waals surface area (Å²) in [4.78, 5) is 20.0. The van der Waals surface area contributed by atoms with Crippen molar-refractivity contribution in [2.24, 2.45) is 0 Å².